The number of unbranched alkanes of at least 4 members (excludes halogenated alkanes) is 2. The van der Waals surface area contributed by atoms with Crippen LogP contribution in [-0.2, 0) is 9.59 Å². The molecule has 0 fully saturated rings. The lowest BCUT2D eigenvalue weighted by molar-refractivity contribution is -0.305. The minimum atomic E-state index is -1.12. The summed E-state index contributed by atoms with van der Waals surface area (Å²) in [5, 5.41) is 14.4. The molecule has 1 atom stereocenters. The van der Waals surface area contributed by atoms with Gasteiger partial charge in [0.25, 0.3) is 5.91 Å². The fourth-order valence-corrected chi connectivity index (χ4v) is 4.73. The molecule has 1 aliphatic rings. The van der Waals surface area contributed by atoms with Crippen LogP contribution >= 0.6 is 11.6 Å². The smallest absolute Gasteiger partial charge is 0.271 e. The van der Waals surface area contributed by atoms with Gasteiger partial charge in [-0.05, 0) is 85.8 Å². The van der Waals surface area contributed by atoms with Gasteiger partial charge in [-0.3, -0.25) is 9.59 Å². The van der Waals surface area contributed by atoms with E-state index in [1.54, 1.807) is 41.3 Å². The van der Waals surface area contributed by atoms with E-state index in [0.29, 0.717) is 41.1 Å². The number of hydrogen-bond donors (Lipinski definition) is 1. The van der Waals surface area contributed by atoms with Gasteiger partial charge in [-0.15, -0.1) is 0 Å². The van der Waals surface area contributed by atoms with E-state index in [1.165, 1.54) is 12.1 Å². The average molecular weight is 534 g/mol. The van der Waals surface area contributed by atoms with E-state index in [0.717, 1.165) is 5.56 Å². The van der Waals surface area contributed by atoms with Crippen LogP contribution in [0.4, 0.5) is 10.1 Å². The summed E-state index contributed by atoms with van der Waals surface area (Å²) in [6, 6.07) is 18.9. The highest BCUT2D eigenvalue weighted by Crippen LogP contribution is 2.40. The van der Waals surface area contributed by atoms with Crippen molar-refractivity contribution in [1.82, 2.24) is 4.90 Å². The number of carboxylic acid groups (broad SMARTS) is 1. The number of carboxylic acids is 1. The summed E-state index contributed by atoms with van der Waals surface area (Å²) in [6.07, 6.45) is 1.45. The van der Waals surface area contributed by atoms with Gasteiger partial charge in [0.2, 0.25) is 0 Å². The van der Waals surface area contributed by atoms with E-state index >= 15 is 0 Å². The number of anilines is 1. The molecule has 6 nitrogen and oxygen atoms in total. The number of carbonyl (C=O) groups excluding carboxylic acids is 3. The molecular formula is C30H27ClFN2O4-. The molecule has 1 amide bonds. The van der Waals surface area contributed by atoms with Gasteiger partial charge in [-0.2, -0.15) is 0 Å². The highest BCUT2D eigenvalue weighted by Gasteiger charge is 2.43. The maximum atomic E-state index is 14.0. The highest BCUT2D eigenvalue weighted by atomic mass is 35.5. The number of aliphatic carboxylic acids is 1. The third-order valence-electron chi connectivity index (χ3n) is 6.43. The standard InChI is InChI=1S/C30H28ClFN2O4/c1-19-6-5-7-24(18-19)33-27-26(29(37)21-9-13-22(31)14-10-21)28(20-11-15-23(32)16-12-20)34(30(27)38)17-4-2-3-8-25(35)36/h5-7,9-16,18,28,33H,2-4,8,17H2,1H3,(H,35,36)/p-1. The van der Waals surface area contributed by atoms with Crippen LogP contribution in [0.15, 0.2) is 84.1 Å². The Kier molecular flexibility index (Phi) is 8.59. The minimum absolute atomic E-state index is 0.0615. The quantitative estimate of drug-likeness (QED) is 0.269. The molecule has 0 aromatic heterocycles. The zero-order valence-corrected chi connectivity index (χ0v) is 21.6. The molecule has 196 valence electrons. The van der Waals surface area contributed by atoms with Crippen molar-refractivity contribution in [2.75, 3.05) is 11.9 Å². The molecule has 3 aromatic carbocycles. The van der Waals surface area contributed by atoms with Crippen LogP contribution in [0, 0.1) is 12.7 Å². The second kappa shape index (κ2) is 12.0. The summed E-state index contributed by atoms with van der Waals surface area (Å²) in [4.78, 5) is 40.2. The number of benzene rings is 3. The van der Waals surface area contributed by atoms with Crippen LogP contribution in [0.1, 0.15) is 53.2 Å². The normalized spacial score (nSPS) is 15.2. The Balaban J connectivity index is 1.78. The molecule has 0 radical (unpaired) electrons. The van der Waals surface area contributed by atoms with E-state index < -0.39 is 17.8 Å². The molecule has 0 saturated heterocycles. The molecule has 1 N–H and O–H groups in total. The zero-order chi connectivity index (χ0) is 27.2. The van der Waals surface area contributed by atoms with Gasteiger partial charge in [-0.25, -0.2) is 4.39 Å². The number of nitrogens with zero attached hydrogens (tertiary/aromatic N) is 1. The molecule has 3 aromatic rings. The monoisotopic (exact) mass is 533 g/mol. The number of carbonyl (C=O) groups is 3. The van der Waals surface area contributed by atoms with Crippen LogP contribution in [0.3, 0.4) is 0 Å². The Morgan fingerprint density at radius 1 is 1.00 bits per heavy atom. The number of Topliss-reactive ketones (excluding diaryl/α,β-unsaturated/α-hetero) is 1. The molecule has 0 aliphatic carbocycles. The van der Waals surface area contributed by atoms with Gasteiger partial charge < -0.3 is 20.1 Å². The first-order valence-electron chi connectivity index (χ1n) is 12.4. The summed E-state index contributed by atoms with van der Waals surface area (Å²) in [7, 11) is 0. The van der Waals surface area contributed by atoms with E-state index in [-0.39, 0.29) is 35.9 Å². The van der Waals surface area contributed by atoms with E-state index in [4.69, 9.17) is 11.6 Å². The van der Waals surface area contributed by atoms with E-state index in [2.05, 4.69) is 5.32 Å². The first-order valence-corrected chi connectivity index (χ1v) is 12.8. The predicted molar refractivity (Wildman–Crippen MR) is 142 cm³/mol. The first kappa shape index (κ1) is 27.1. The van der Waals surface area contributed by atoms with E-state index in [1.807, 2.05) is 31.2 Å². The van der Waals surface area contributed by atoms with Crippen molar-refractivity contribution in [2.24, 2.45) is 0 Å². The molecule has 0 bridgehead atoms. The number of rotatable bonds is 11. The van der Waals surface area contributed by atoms with Crippen LogP contribution < -0.4 is 10.4 Å². The van der Waals surface area contributed by atoms with Crippen LogP contribution in [0.25, 0.3) is 0 Å². The fourth-order valence-electron chi connectivity index (χ4n) is 4.60. The molecule has 38 heavy (non-hydrogen) atoms. The lowest BCUT2D eigenvalue weighted by atomic mass is 9.92. The molecular weight excluding hydrogens is 507 g/mol. The van der Waals surface area contributed by atoms with Crippen LogP contribution in [-0.4, -0.2) is 29.1 Å². The van der Waals surface area contributed by atoms with Gasteiger partial charge >= 0.3 is 0 Å². The average Bonchev–Trinajstić information content (AvgIpc) is 3.15. The van der Waals surface area contributed by atoms with Crippen molar-refractivity contribution in [3.63, 3.8) is 0 Å². The Morgan fingerprint density at radius 3 is 2.37 bits per heavy atom. The lowest BCUT2D eigenvalue weighted by Gasteiger charge is -2.27. The number of nitrogens with one attached hydrogen (secondary N) is 1. The summed E-state index contributed by atoms with van der Waals surface area (Å²) in [6.45, 7) is 2.21. The molecule has 0 spiro atoms. The van der Waals surface area contributed by atoms with Crippen molar-refractivity contribution < 1.29 is 23.9 Å². The summed E-state index contributed by atoms with van der Waals surface area (Å²) < 4.78 is 13.8. The second-order valence-electron chi connectivity index (χ2n) is 9.25. The summed E-state index contributed by atoms with van der Waals surface area (Å²) in [5.41, 5.74) is 2.99. The predicted octanol–water partition coefficient (Wildman–Crippen LogP) is 5.23. The summed E-state index contributed by atoms with van der Waals surface area (Å²) in [5.74, 6) is -2.26. The molecule has 1 unspecified atom stereocenters. The van der Waals surface area contributed by atoms with Gasteiger partial charge in [0.1, 0.15) is 11.5 Å². The zero-order valence-electron chi connectivity index (χ0n) is 20.9. The van der Waals surface area contributed by atoms with Crippen molar-refractivity contribution in [1.29, 1.82) is 0 Å². The van der Waals surface area contributed by atoms with Crippen molar-refractivity contribution >= 4 is 34.9 Å². The van der Waals surface area contributed by atoms with Gasteiger partial charge in [-0.1, -0.05) is 42.3 Å². The topological polar surface area (TPSA) is 89.5 Å². The number of hydrogen-bond acceptors (Lipinski definition) is 5. The third-order valence-corrected chi connectivity index (χ3v) is 6.69. The Morgan fingerprint density at radius 2 is 1.71 bits per heavy atom. The first-order chi connectivity index (χ1) is 18.2. The van der Waals surface area contributed by atoms with Crippen LogP contribution in [0.5, 0.6) is 0 Å². The number of ketones is 1. The van der Waals surface area contributed by atoms with E-state index in [9.17, 15) is 23.9 Å². The second-order valence-corrected chi connectivity index (χ2v) is 9.69. The largest absolute Gasteiger partial charge is 0.550 e. The van der Waals surface area contributed by atoms with Gasteiger partial charge in [0, 0.05) is 28.8 Å². The molecule has 8 heteroatoms. The van der Waals surface area contributed by atoms with Crippen LogP contribution in [0.2, 0.25) is 5.02 Å². The molecule has 1 heterocycles. The fraction of sp³-hybridized carbons (Fsp3) is 0.233. The third kappa shape index (κ3) is 6.29. The van der Waals surface area contributed by atoms with Crippen molar-refractivity contribution in [3.05, 3.63) is 112 Å². The van der Waals surface area contributed by atoms with Crippen molar-refractivity contribution in [3.8, 4) is 0 Å². The Hall–Kier alpha value is -3.97. The molecule has 4 rings (SSSR count). The maximum Gasteiger partial charge on any atom is 0.271 e. The molecule has 0 saturated carbocycles. The Labute approximate surface area is 225 Å². The number of amides is 1. The van der Waals surface area contributed by atoms with Gasteiger partial charge in [0.15, 0.2) is 5.78 Å². The highest BCUT2D eigenvalue weighted by molar-refractivity contribution is 6.30. The minimum Gasteiger partial charge on any atom is -0.550 e. The number of aryl methyl sites for hydroxylation is 1. The number of halogens is 2. The SMILES string of the molecule is Cc1cccc(NC2=C(C(=O)c3ccc(Cl)cc3)C(c3ccc(F)cc3)N(CCCCCC(=O)[O-])C2=O)c1. The summed E-state index contributed by atoms with van der Waals surface area (Å²) >= 11 is 6.04. The Bertz CT molecular complexity index is 1370. The maximum absolute atomic E-state index is 14.0. The molecule has 1 aliphatic heterocycles. The van der Waals surface area contributed by atoms with Gasteiger partial charge in [0.05, 0.1) is 11.6 Å². The lowest BCUT2D eigenvalue weighted by Crippen LogP contribution is -2.32. The van der Waals surface area contributed by atoms with Crippen molar-refractivity contribution in [2.45, 2.75) is 38.6 Å².